The average Bonchev–Trinajstić information content (AvgIpc) is 3.31. The van der Waals surface area contributed by atoms with Gasteiger partial charge in [-0.05, 0) is 54.3 Å². The first-order valence-corrected chi connectivity index (χ1v) is 15.6. The number of primary amides is 1. The molecule has 4 aromatic rings. The van der Waals surface area contributed by atoms with E-state index in [0.29, 0.717) is 70.4 Å². The number of anilines is 3. The molecule has 45 heavy (non-hydrogen) atoms. The van der Waals surface area contributed by atoms with Gasteiger partial charge in [-0.1, -0.05) is 67.7 Å². The van der Waals surface area contributed by atoms with Crippen molar-refractivity contribution in [1.82, 2.24) is 14.9 Å². The smallest absolute Gasteiger partial charge is 0.250 e. The lowest BCUT2D eigenvalue weighted by molar-refractivity contribution is -0.128. The lowest BCUT2D eigenvalue weighted by Gasteiger charge is -2.31. The van der Waals surface area contributed by atoms with Crippen molar-refractivity contribution in [3.05, 3.63) is 80.0 Å². The van der Waals surface area contributed by atoms with E-state index in [4.69, 9.17) is 45.5 Å². The van der Waals surface area contributed by atoms with Crippen molar-refractivity contribution in [2.24, 2.45) is 11.1 Å². The summed E-state index contributed by atoms with van der Waals surface area (Å²) in [7, 11) is 0. The molecule has 0 atom stereocenters. The summed E-state index contributed by atoms with van der Waals surface area (Å²) >= 11 is 19.5. The molecule has 3 aromatic carbocycles. The summed E-state index contributed by atoms with van der Waals surface area (Å²) in [5.74, 6) is -1.01. The van der Waals surface area contributed by atoms with Crippen LogP contribution in [0.1, 0.15) is 55.1 Å². The SMILES string of the molecule is CC(C)(C)C(=O)NCc1ccc(Cl)c(Nc2nc3cc(C(N)=O)c(N4CCC(F)CC4)cc3n2Cc2ccc(F)c(Cl)c2)c1Cl. The van der Waals surface area contributed by atoms with Gasteiger partial charge in [-0.3, -0.25) is 9.59 Å². The molecule has 0 unspecified atom stereocenters. The van der Waals surface area contributed by atoms with Crippen LogP contribution in [0.4, 0.5) is 26.1 Å². The maximum atomic E-state index is 14.0. The van der Waals surface area contributed by atoms with E-state index in [1.54, 1.807) is 30.3 Å². The standard InChI is InChI=1S/C32H33Cl3F2N6O2/c1-32(2,3)30(45)39-15-18-5-6-21(33)28(27(18)35)41-31-40-24-13-20(29(38)44)25(42-10-8-19(36)9-11-42)14-26(24)43(31)16-17-4-7-23(37)22(34)12-17/h4-7,12-14,19H,8-11,15-16H2,1-3H3,(H2,38,44)(H,39,45)(H,40,41). The molecule has 238 valence electrons. The van der Waals surface area contributed by atoms with Crippen LogP contribution in [0.25, 0.3) is 11.0 Å². The highest BCUT2D eigenvalue weighted by atomic mass is 35.5. The zero-order valence-electron chi connectivity index (χ0n) is 25.0. The van der Waals surface area contributed by atoms with Gasteiger partial charge in [0.25, 0.3) is 5.91 Å². The highest BCUT2D eigenvalue weighted by Crippen LogP contribution is 2.38. The van der Waals surface area contributed by atoms with Crippen LogP contribution in [0, 0.1) is 11.2 Å². The van der Waals surface area contributed by atoms with Crippen LogP contribution in [0.15, 0.2) is 42.5 Å². The summed E-state index contributed by atoms with van der Waals surface area (Å²) < 4.78 is 29.8. The Bertz CT molecular complexity index is 1780. The number of nitrogens with one attached hydrogen (secondary N) is 2. The Morgan fingerprint density at radius 2 is 1.76 bits per heavy atom. The van der Waals surface area contributed by atoms with Crippen molar-refractivity contribution in [3.63, 3.8) is 0 Å². The molecule has 0 aliphatic carbocycles. The first kappa shape index (κ1) is 32.8. The fourth-order valence-corrected chi connectivity index (χ4v) is 5.92. The minimum Gasteiger partial charge on any atom is -0.371 e. The molecule has 1 aromatic heterocycles. The Kier molecular flexibility index (Phi) is 9.49. The number of nitrogens with zero attached hydrogens (tertiary/aromatic N) is 3. The number of benzene rings is 3. The number of rotatable bonds is 8. The largest absolute Gasteiger partial charge is 0.371 e. The molecule has 0 spiro atoms. The number of carbonyl (C=O) groups is 2. The number of hydrogen-bond acceptors (Lipinski definition) is 5. The molecule has 0 saturated carbocycles. The van der Waals surface area contributed by atoms with Crippen LogP contribution in [0.5, 0.6) is 0 Å². The predicted octanol–water partition coefficient (Wildman–Crippen LogP) is 7.63. The molecule has 1 aliphatic rings. The highest BCUT2D eigenvalue weighted by Gasteiger charge is 2.26. The summed E-state index contributed by atoms with van der Waals surface area (Å²) in [5.41, 5.74) is 8.77. The van der Waals surface area contributed by atoms with Gasteiger partial charge >= 0.3 is 0 Å². The number of alkyl halides is 1. The van der Waals surface area contributed by atoms with E-state index in [1.807, 2.05) is 30.2 Å². The van der Waals surface area contributed by atoms with Crippen LogP contribution >= 0.6 is 34.8 Å². The summed E-state index contributed by atoms with van der Waals surface area (Å²) in [6.07, 6.45) is -0.238. The number of hydrogen-bond donors (Lipinski definition) is 3. The number of carbonyl (C=O) groups excluding carboxylic acids is 2. The number of nitrogens with two attached hydrogens (primary N) is 1. The van der Waals surface area contributed by atoms with E-state index >= 15 is 0 Å². The third-order valence-corrected chi connectivity index (χ3v) is 8.79. The first-order valence-electron chi connectivity index (χ1n) is 14.4. The fourth-order valence-electron chi connectivity index (χ4n) is 5.18. The van der Waals surface area contributed by atoms with Crippen molar-refractivity contribution in [3.8, 4) is 0 Å². The van der Waals surface area contributed by atoms with Crippen molar-refractivity contribution >= 4 is 75.0 Å². The number of amides is 2. The summed E-state index contributed by atoms with van der Waals surface area (Å²) in [6, 6.07) is 11.2. The number of aromatic nitrogens is 2. The number of imidazole rings is 1. The Labute approximate surface area is 274 Å². The molecule has 4 N–H and O–H groups in total. The zero-order valence-corrected chi connectivity index (χ0v) is 27.3. The van der Waals surface area contributed by atoms with Crippen LogP contribution in [0.3, 0.4) is 0 Å². The summed E-state index contributed by atoms with van der Waals surface area (Å²) in [4.78, 5) is 31.8. The minimum absolute atomic E-state index is 0.0340. The molecule has 1 saturated heterocycles. The number of fused-ring (bicyclic) bond motifs is 1. The maximum absolute atomic E-state index is 14.0. The summed E-state index contributed by atoms with van der Waals surface area (Å²) in [6.45, 7) is 6.66. The summed E-state index contributed by atoms with van der Waals surface area (Å²) in [5, 5.41) is 6.70. The van der Waals surface area contributed by atoms with E-state index in [1.165, 1.54) is 12.1 Å². The highest BCUT2D eigenvalue weighted by molar-refractivity contribution is 6.39. The van der Waals surface area contributed by atoms with E-state index < -0.39 is 23.3 Å². The number of piperidine rings is 1. The van der Waals surface area contributed by atoms with E-state index in [2.05, 4.69) is 10.6 Å². The lowest BCUT2D eigenvalue weighted by Crippen LogP contribution is -2.35. The van der Waals surface area contributed by atoms with E-state index in [-0.39, 0.29) is 34.6 Å². The number of halogens is 5. The third kappa shape index (κ3) is 7.13. The molecule has 8 nitrogen and oxygen atoms in total. The second kappa shape index (κ2) is 13.0. The minimum atomic E-state index is -0.904. The monoisotopic (exact) mass is 676 g/mol. The normalized spacial score (nSPS) is 14.2. The van der Waals surface area contributed by atoms with Gasteiger partial charge in [-0.25, -0.2) is 13.8 Å². The Morgan fingerprint density at radius 1 is 1.04 bits per heavy atom. The quantitative estimate of drug-likeness (QED) is 0.178. The lowest BCUT2D eigenvalue weighted by atomic mass is 9.95. The van der Waals surface area contributed by atoms with E-state index in [0.717, 1.165) is 0 Å². The van der Waals surface area contributed by atoms with Crippen LogP contribution in [0.2, 0.25) is 15.1 Å². The molecule has 5 rings (SSSR count). The fraction of sp³-hybridized carbons (Fsp3) is 0.344. The second-order valence-corrected chi connectivity index (χ2v) is 13.3. The third-order valence-electron chi connectivity index (χ3n) is 7.75. The average molecular weight is 678 g/mol. The predicted molar refractivity (Wildman–Crippen MR) is 176 cm³/mol. The van der Waals surface area contributed by atoms with Crippen molar-refractivity contribution in [1.29, 1.82) is 0 Å². The van der Waals surface area contributed by atoms with Crippen LogP contribution in [-0.2, 0) is 17.9 Å². The first-order chi connectivity index (χ1) is 21.2. The van der Waals surface area contributed by atoms with E-state index in [9.17, 15) is 18.4 Å². The molecular weight excluding hydrogens is 645 g/mol. The van der Waals surface area contributed by atoms with Gasteiger partial charge in [0.05, 0.1) is 49.6 Å². The Hall–Kier alpha value is -3.60. The molecule has 2 heterocycles. The Balaban J connectivity index is 1.61. The molecule has 0 bridgehead atoms. The molecule has 2 amide bonds. The van der Waals surface area contributed by atoms with Gasteiger partial charge < -0.3 is 25.8 Å². The zero-order chi connectivity index (χ0) is 32.6. The molecule has 0 radical (unpaired) electrons. The van der Waals surface area contributed by atoms with Gasteiger partial charge in [0.15, 0.2) is 0 Å². The van der Waals surface area contributed by atoms with Gasteiger partial charge in [0.2, 0.25) is 11.9 Å². The van der Waals surface area contributed by atoms with Crippen molar-refractivity contribution < 1.29 is 18.4 Å². The molecule has 1 aliphatic heterocycles. The topological polar surface area (TPSA) is 105 Å². The maximum Gasteiger partial charge on any atom is 0.250 e. The van der Waals surface area contributed by atoms with Crippen molar-refractivity contribution in [2.75, 3.05) is 23.3 Å². The van der Waals surface area contributed by atoms with Crippen LogP contribution in [-0.4, -0.2) is 40.6 Å². The van der Waals surface area contributed by atoms with Gasteiger partial charge in [-0.15, -0.1) is 0 Å². The van der Waals surface area contributed by atoms with Gasteiger partial charge in [0.1, 0.15) is 12.0 Å². The van der Waals surface area contributed by atoms with Gasteiger partial charge in [-0.2, -0.15) is 0 Å². The van der Waals surface area contributed by atoms with Crippen molar-refractivity contribution in [2.45, 2.75) is 52.9 Å². The molecule has 1 fully saturated rings. The molecular formula is C32H33Cl3F2N6O2. The second-order valence-electron chi connectivity index (χ2n) is 12.1. The van der Waals surface area contributed by atoms with Gasteiger partial charge in [0, 0.05) is 25.0 Å². The molecule has 13 heteroatoms. The Morgan fingerprint density at radius 3 is 2.40 bits per heavy atom. The van der Waals surface area contributed by atoms with Crippen LogP contribution < -0.4 is 21.3 Å².